The lowest BCUT2D eigenvalue weighted by molar-refractivity contribution is -0.165. The van der Waals surface area contributed by atoms with Gasteiger partial charge in [-0.25, -0.2) is 0 Å². The van der Waals surface area contributed by atoms with Crippen molar-refractivity contribution in [1.82, 2.24) is 0 Å². The minimum absolute atomic E-state index is 0.107. The Morgan fingerprint density at radius 3 is 2.27 bits per heavy atom. The second-order valence-corrected chi connectivity index (χ2v) is 16.4. The highest BCUT2D eigenvalue weighted by Gasteiger charge is 2.69. The summed E-state index contributed by atoms with van der Waals surface area (Å²) in [6.45, 7) is 16.3. The zero-order valence-electron chi connectivity index (χ0n) is 17.8. The molecule has 3 aliphatic rings. The van der Waals surface area contributed by atoms with Crippen molar-refractivity contribution in [3.8, 4) is 0 Å². The molecule has 3 rings (SSSR count). The third kappa shape index (κ3) is 2.58. The SMILES string of the molecule is CC(C)=C1CCC(COC(=O)C23CCC(CC2=O)C3(C)C)([Si](C)(C)C)C1. The van der Waals surface area contributed by atoms with Crippen LogP contribution in [0.25, 0.3) is 0 Å². The van der Waals surface area contributed by atoms with Gasteiger partial charge in [-0.3, -0.25) is 9.59 Å². The summed E-state index contributed by atoms with van der Waals surface area (Å²) in [6.07, 6.45) is 5.52. The standard InChI is InChI=1S/C22H36O3Si/c1-15(2)16-8-10-21(13-16,26(5,6)7)14-25-19(24)22-11-9-17(12-18(22)23)20(22,3)4/h17H,8-14H2,1-7H3. The molecule has 0 spiro atoms. The maximum atomic E-state index is 13.3. The molecule has 3 saturated carbocycles. The summed E-state index contributed by atoms with van der Waals surface area (Å²) < 4.78 is 6.05. The molecule has 0 N–H and O–H groups in total. The third-order valence-corrected chi connectivity index (χ3v) is 12.2. The quantitative estimate of drug-likeness (QED) is 0.281. The fourth-order valence-corrected chi connectivity index (χ4v) is 7.99. The van der Waals surface area contributed by atoms with E-state index in [0.29, 0.717) is 25.4 Å². The van der Waals surface area contributed by atoms with E-state index >= 15 is 0 Å². The van der Waals surface area contributed by atoms with E-state index in [4.69, 9.17) is 4.74 Å². The predicted molar refractivity (Wildman–Crippen MR) is 108 cm³/mol. The van der Waals surface area contributed by atoms with Crippen molar-refractivity contribution in [2.45, 2.75) is 90.9 Å². The second-order valence-electron chi connectivity index (χ2n) is 10.9. The van der Waals surface area contributed by atoms with E-state index in [2.05, 4.69) is 47.3 Å². The monoisotopic (exact) mass is 376 g/mol. The Bertz CT molecular complexity index is 665. The van der Waals surface area contributed by atoms with Crippen LogP contribution in [0.4, 0.5) is 0 Å². The van der Waals surface area contributed by atoms with Gasteiger partial charge in [-0.05, 0) is 57.3 Å². The van der Waals surface area contributed by atoms with Crippen LogP contribution in [-0.2, 0) is 14.3 Å². The third-order valence-electron chi connectivity index (χ3n) is 8.48. The van der Waals surface area contributed by atoms with Gasteiger partial charge in [0.1, 0.15) is 5.41 Å². The van der Waals surface area contributed by atoms with Crippen molar-refractivity contribution in [2.24, 2.45) is 16.7 Å². The van der Waals surface area contributed by atoms with E-state index in [0.717, 1.165) is 25.7 Å². The van der Waals surface area contributed by atoms with Crippen LogP contribution >= 0.6 is 0 Å². The summed E-state index contributed by atoms with van der Waals surface area (Å²) in [5, 5.41) is 0.107. The zero-order valence-corrected chi connectivity index (χ0v) is 18.8. The van der Waals surface area contributed by atoms with Crippen LogP contribution in [0.3, 0.4) is 0 Å². The Kier molecular flexibility index (Phi) is 4.62. The minimum atomic E-state index is -1.54. The van der Waals surface area contributed by atoms with Crippen molar-refractivity contribution in [2.75, 3.05) is 6.61 Å². The van der Waals surface area contributed by atoms with Gasteiger partial charge in [-0.1, -0.05) is 44.6 Å². The van der Waals surface area contributed by atoms with E-state index in [9.17, 15) is 9.59 Å². The average Bonchev–Trinajstić information content (AvgIpc) is 3.12. The van der Waals surface area contributed by atoms with Crippen LogP contribution in [0.1, 0.15) is 66.2 Å². The first-order valence-corrected chi connectivity index (χ1v) is 13.7. The Morgan fingerprint density at radius 2 is 1.85 bits per heavy atom. The number of ketones is 1. The van der Waals surface area contributed by atoms with Crippen molar-refractivity contribution < 1.29 is 14.3 Å². The first-order valence-electron chi connectivity index (χ1n) is 10.2. The first kappa shape index (κ1) is 19.8. The van der Waals surface area contributed by atoms with Gasteiger partial charge in [-0.2, -0.15) is 0 Å². The highest BCUT2D eigenvalue weighted by molar-refractivity contribution is 6.79. The summed E-state index contributed by atoms with van der Waals surface area (Å²) in [5.41, 5.74) is 1.82. The fraction of sp³-hybridized carbons (Fsp3) is 0.818. The van der Waals surface area contributed by atoms with Gasteiger partial charge in [0.2, 0.25) is 0 Å². The molecular weight excluding hydrogens is 340 g/mol. The maximum absolute atomic E-state index is 13.3. The Hall–Kier alpha value is -0.903. The fourth-order valence-electron chi connectivity index (χ4n) is 5.86. The van der Waals surface area contributed by atoms with Crippen LogP contribution < -0.4 is 0 Å². The summed E-state index contributed by atoms with van der Waals surface area (Å²) >= 11 is 0. The molecule has 2 bridgehead atoms. The van der Waals surface area contributed by atoms with Crippen molar-refractivity contribution in [3.05, 3.63) is 11.1 Å². The van der Waals surface area contributed by atoms with Crippen LogP contribution in [-0.4, -0.2) is 26.4 Å². The lowest BCUT2D eigenvalue weighted by Gasteiger charge is -2.41. The molecule has 0 aromatic heterocycles. The van der Waals surface area contributed by atoms with Gasteiger partial charge in [0.15, 0.2) is 5.78 Å². The molecule has 146 valence electrons. The lowest BCUT2D eigenvalue weighted by atomic mass is 9.69. The maximum Gasteiger partial charge on any atom is 0.320 e. The number of ether oxygens (including phenoxy) is 1. The predicted octanol–water partition coefficient (Wildman–Crippen LogP) is 5.52. The molecule has 0 amide bonds. The van der Waals surface area contributed by atoms with Crippen LogP contribution in [0.2, 0.25) is 24.7 Å². The van der Waals surface area contributed by atoms with E-state index in [1.165, 1.54) is 5.57 Å². The van der Waals surface area contributed by atoms with Crippen LogP contribution in [0, 0.1) is 16.7 Å². The number of hydrogen-bond donors (Lipinski definition) is 0. The average molecular weight is 377 g/mol. The highest BCUT2D eigenvalue weighted by Crippen LogP contribution is 2.64. The van der Waals surface area contributed by atoms with Crippen molar-refractivity contribution in [1.29, 1.82) is 0 Å². The number of hydrogen-bond acceptors (Lipinski definition) is 3. The molecule has 4 heteroatoms. The number of rotatable bonds is 4. The molecule has 3 nitrogen and oxygen atoms in total. The molecule has 3 atom stereocenters. The van der Waals surface area contributed by atoms with E-state index in [-0.39, 0.29) is 22.2 Å². The normalized spacial score (nSPS) is 35.9. The van der Waals surface area contributed by atoms with Gasteiger partial charge in [0.05, 0.1) is 14.7 Å². The highest BCUT2D eigenvalue weighted by atomic mass is 28.3. The Morgan fingerprint density at radius 1 is 1.19 bits per heavy atom. The number of Topliss-reactive ketones (excluding diaryl/α,β-unsaturated/α-hetero) is 1. The molecule has 3 unspecified atom stereocenters. The van der Waals surface area contributed by atoms with Gasteiger partial charge >= 0.3 is 5.97 Å². The molecule has 0 aliphatic heterocycles. The molecule has 0 heterocycles. The molecule has 0 saturated heterocycles. The number of allylic oxidation sites excluding steroid dienone is 2. The smallest absolute Gasteiger partial charge is 0.320 e. The zero-order chi connectivity index (χ0) is 19.5. The van der Waals surface area contributed by atoms with E-state index < -0.39 is 13.5 Å². The first-order chi connectivity index (χ1) is 11.9. The molecule has 26 heavy (non-hydrogen) atoms. The van der Waals surface area contributed by atoms with Gasteiger partial charge in [0, 0.05) is 11.5 Å². The van der Waals surface area contributed by atoms with Gasteiger partial charge < -0.3 is 4.74 Å². The van der Waals surface area contributed by atoms with Crippen molar-refractivity contribution in [3.63, 3.8) is 0 Å². The Balaban J connectivity index is 1.82. The van der Waals surface area contributed by atoms with E-state index in [1.807, 2.05) is 0 Å². The summed E-state index contributed by atoms with van der Waals surface area (Å²) in [6, 6.07) is 0. The lowest BCUT2D eigenvalue weighted by Crippen LogP contribution is -2.47. The molecule has 0 aromatic rings. The summed E-state index contributed by atoms with van der Waals surface area (Å²) in [7, 11) is -1.54. The summed E-state index contributed by atoms with van der Waals surface area (Å²) in [5.74, 6) is 0.246. The molecule has 3 aliphatic carbocycles. The number of esters is 1. The molecular formula is C22H36O3Si. The molecule has 0 radical (unpaired) electrons. The topological polar surface area (TPSA) is 43.4 Å². The Labute approximate surface area is 160 Å². The second kappa shape index (κ2) is 6.05. The molecule has 0 aromatic carbocycles. The number of carbonyl (C=O) groups is 2. The van der Waals surface area contributed by atoms with E-state index in [1.54, 1.807) is 5.57 Å². The van der Waals surface area contributed by atoms with Gasteiger partial charge in [0.25, 0.3) is 0 Å². The largest absolute Gasteiger partial charge is 0.465 e. The van der Waals surface area contributed by atoms with Gasteiger partial charge in [-0.15, -0.1) is 0 Å². The van der Waals surface area contributed by atoms with Crippen LogP contribution in [0.5, 0.6) is 0 Å². The van der Waals surface area contributed by atoms with Crippen LogP contribution in [0.15, 0.2) is 11.1 Å². The number of carbonyl (C=O) groups excluding carboxylic acids is 2. The minimum Gasteiger partial charge on any atom is -0.465 e. The van der Waals surface area contributed by atoms with Crippen molar-refractivity contribution >= 4 is 19.8 Å². The molecule has 3 fully saturated rings. The number of fused-ring (bicyclic) bond motifs is 2. The summed E-state index contributed by atoms with van der Waals surface area (Å²) in [4.78, 5) is 26.0.